The summed E-state index contributed by atoms with van der Waals surface area (Å²) >= 11 is 2.52. The molecule has 3 nitrogen and oxygen atoms in total. The Labute approximate surface area is 154 Å². The molecule has 0 radical (unpaired) electrons. The molecule has 0 saturated heterocycles. The summed E-state index contributed by atoms with van der Waals surface area (Å²) in [5, 5.41) is 8.91. The second kappa shape index (κ2) is 10.5. The van der Waals surface area contributed by atoms with Crippen LogP contribution in [0.2, 0.25) is 19.6 Å². The highest BCUT2D eigenvalue weighted by atomic mass is 127. The Hall–Kier alpha value is -0.403. The van der Waals surface area contributed by atoms with Gasteiger partial charge in [-0.2, -0.15) is 0 Å². The van der Waals surface area contributed by atoms with Gasteiger partial charge in [-0.1, -0.05) is 50.0 Å². The van der Waals surface area contributed by atoms with Crippen molar-refractivity contribution in [3.8, 4) is 0 Å². The zero-order chi connectivity index (χ0) is 17.3. The number of carbonyl (C=O) groups is 1. The molecule has 0 amide bonds. The second-order valence-electron chi connectivity index (χ2n) is 6.99. The Bertz CT molecular complexity index is 445. The molecule has 5 heteroatoms. The summed E-state index contributed by atoms with van der Waals surface area (Å²) in [4.78, 5) is 10.8. The fourth-order valence-corrected chi connectivity index (χ4v) is 2.46. The third-order valence-electron chi connectivity index (χ3n) is 3.61. The number of halogens is 1. The SMILES string of the molecule is C[Si](C)(C)I.O=C(O)C1CCC(OCCc2ccccc2)CC1. The molecule has 0 unspecified atom stereocenters. The van der Waals surface area contributed by atoms with Gasteiger partial charge in [-0.05, 0) is 37.7 Å². The van der Waals surface area contributed by atoms with Gasteiger partial charge in [0, 0.05) is 0 Å². The first kappa shape index (κ1) is 20.6. The molecule has 1 aliphatic carbocycles. The Kier molecular flexibility index (Phi) is 9.39. The van der Waals surface area contributed by atoms with Crippen LogP contribution in [0.3, 0.4) is 0 Å². The number of ether oxygens (including phenoxy) is 1. The number of aliphatic carboxylic acids is 1. The van der Waals surface area contributed by atoms with E-state index in [9.17, 15) is 4.79 Å². The normalized spacial score (nSPS) is 21.2. The summed E-state index contributed by atoms with van der Waals surface area (Å²) in [5.41, 5.74) is 0.648. The smallest absolute Gasteiger partial charge is 0.306 e. The van der Waals surface area contributed by atoms with E-state index in [1.165, 1.54) is 5.56 Å². The van der Waals surface area contributed by atoms with E-state index < -0.39 is 11.5 Å². The minimum atomic E-state index is -0.655. The third-order valence-corrected chi connectivity index (χ3v) is 3.61. The number of carboxylic acids is 1. The van der Waals surface area contributed by atoms with Crippen molar-refractivity contribution in [1.82, 2.24) is 0 Å². The molecule has 1 aliphatic rings. The van der Waals surface area contributed by atoms with Gasteiger partial charge < -0.3 is 9.84 Å². The molecule has 1 fully saturated rings. The maximum atomic E-state index is 10.8. The van der Waals surface area contributed by atoms with Gasteiger partial charge in [0.25, 0.3) is 0 Å². The molecule has 0 aliphatic heterocycles. The summed E-state index contributed by atoms with van der Waals surface area (Å²) in [6.45, 7) is 7.67. The van der Waals surface area contributed by atoms with E-state index >= 15 is 0 Å². The summed E-state index contributed by atoms with van der Waals surface area (Å²) in [6.07, 6.45) is 4.46. The fraction of sp³-hybridized carbons (Fsp3) is 0.611. The maximum absolute atomic E-state index is 10.8. The quantitative estimate of drug-likeness (QED) is 0.385. The zero-order valence-electron chi connectivity index (χ0n) is 14.4. The Morgan fingerprint density at radius 1 is 1.17 bits per heavy atom. The van der Waals surface area contributed by atoms with Crippen molar-refractivity contribution < 1.29 is 14.6 Å². The second-order valence-corrected chi connectivity index (χ2v) is 20.8. The van der Waals surface area contributed by atoms with Gasteiger partial charge in [0.05, 0.1) is 18.6 Å². The molecule has 1 saturated carbocycles. The van der Waals surface area contributed by atoms with Crippen molar-refractivity contribution in [2.24, 2.45) is 5.92 Å². The summed E-state index contributed by atoms with van der Waals surface area (Å²) in [7, 11) is 0. The minimum Gasteiger partial charge on any atom is -0.481 e. The molecule has 1 aromatic rings. The van der Waals surface area contributed by atoms with Gasteiger partial charge in [0.15, 0.2) is 0 Å². The zero-order valence-corrected chi connectivity index (χ0v) is 17.6. The molecule has 0 spiro atoms. The van der Waals surface area contributed by atoms with Gasteiger partial charge >= 0.3 is 5.97 Å². The van der Waals surface area contributed by atoms with Crippen molar-refractivity contribution in [2.45, 2.75) is 57.8 Å². The summed E-state index contributed by atoms with van der Waals surface area (Å²) in [6, 6.07) is 10.3. The molecule has 1 aromatic carbocycles. The molecule has 0 atom stereocenters. The highest BCUT2D eigenvalue weighted by molar-refractivity contribution is 14.1. The molecule has 130 valence electrons. The Balaban J connectivity index is 0.000000463. The predicted molar refractivity (Wildman–Crippen MR) is 107 cm³/mol. The van der Waals surface area contributed by atoms with Crippen LogP contribution >= 0.6 is 21.8 Å². The van der Waals surface area contributed by atoms with Gasteiger partial charge in [-0.25, -0.2) is 0 Å². The topological polar surface area (TPSA) is 46.5 Å². The lowest BCUT2D eigenvalue weighted by atomic mass is 9.87. The average molecular weight is 448 g/mol. The van der Waals surface area contributed by atoms with Crippen LogP contribution < -0.4 is 0 Å². The van der Waals surface area contributed by atoms with E-state index in [-0.39, 0.29) is 12.0 Å². The van der Waals surface area contributed by atoms with Crippen LogP contribution in [0.5, 0.6) is 0 Å². The summed E-state index contributed by atoms with van der Waals surface area (Å²) in [5.74, 6) is -0.809. The lowest BCUT2D eigenvalue weighted by molar-refractivity contribution is -0.143. The van der Waals surface area contributed by atoms with Crippen LogP contribution in [-0.2, 0) is 16.0 Å². The monoisotopic (exact) mass is 448 g/mol. The van der Waals surface area contributed by atoms with Crippen LogP contribution in [0.25, 0.3) is 0 Å². The first-order valence-corrected chi connectivity index (χ1v) is 14.9. The molecule has 23 heavy (non-hydrogen) atoms. The molecular weight excluding hydrogens is 419 g/mol. The van der Waals surface area contributed by atoms with Crippen molar-refractivity contribution in [3.63, 3.8) is 0 Å². The third kappa shape index (κ3) is 10.9. The van der Waals surface area contributed by atoms with Crippen LogP contribution in [-0.4, -0.2) is 29.4 Å². The molecular formula is C18H29IO3Si. The first-order valence-electron chi connectivity index (χ1n) is 8.33. The average Bonchev–Trinajstić information content (AvgIpc) is 2.47. The lowest BCUT2D eigenvalue weighted by Crippen LogP contribution is -2.26. The minimum absolute atomic E-state index is 0.154. The van der Waals surface area contributed by atoms with E-state index in [1.54, 1.807) is 0 Å². The number of rotatable bonds is 5. The molecule has 0 heterocycles. The molecule has 0 aromatic heterocycles. The fourth-order valence-electron chi connectivity index (χ4n) is 2.46. The van der Waals surface area contributed by atoms with Crippen LogP contribution in [0.1, 0.15) is 31.2 Å². The number of carboxylic acid groups (broad SMARTS) is 1. The van der Waals surface area contributed by atoms with Crippen molar-refractivity contribution in [3.05, 3.63) is 35.9 Å². The molecule has 2 rings (SSSR count). The molecule has 0 bridgehead atoms. The number of hydrogen-bond donors (Lipinski definition) is 1. The number of benzene rings is 1. The maximum Gasteiger partial charge on any atom is 0.306 e. The van der Waals surface area contributed by atoms with Crippen LogP contribution in [0, 0.1) is 5.92 Å². The standard InChI is InChI=1S/C15H20O3.C3H9ISi/c16-15(17)13-6-8-14(9-7-13)18-11-10-12-4-2-1-3-5-12;1-5(2,3)4/h1-5,13-14H,6-11H2,(H,16,17);1-3H3. The van der Waals surface area contributed by atoms with Gasteiger partial charge in [0.2, 0.25) is 0 Å². The van der Waals surface area contributed by atoms with Crippen molar-refractivity contribution in [2.75, 3.05) is 6.61 Å². The predicted octanol–water partition coefficient (Wildman–Crippen LogP) is 5.15. The first-order chi connectivity index (χ1) is 10.8. The van der Waals surface area contributed by atoms with Crippen molar-refractivity contribution >= 4 is 33.3 Å². The van der Waals surface area contributed by atoms with Crippen molar-refractivity contribution in [1.29, 1.82) is 0 Å². The van der Waals surface area contributed by atoms with Gasteiger partial charge in [-0.15, -0.1) is 21.8 Å². The van der Waals surface area contributed by atoms with Gasteiger partial charge in [-0.3, -0.25) is 4.79 Å². The Morgan fingerprint density at radius 2 is 1.70 bits per heavy atom. The van der Waals surface area contributed by atoms with E-state index in [4.69, 9.17) is 9.84 Å². The Morgan fingerprint density at radius 3 is 2.17 bits per heavy atom. The highest BCUT2D eigenvalue weighted by Gasteiger charge is 2.26. The lowest BCUT2D eigenvalue weighted by Gasteiger charge is -2.26. The molecule has 1 N–H and O–H groups in total. The van der Waals surface area contributed by atoms with Crippen LogP contribution in [0.15, 0.2) is 30.3 Å². The van der Waals surface area contributed by atoms with Gasteiger partial charge in [0.1, 0.15) is 5.57 Å². The van der Waals surface area contributed by atoms with E-state index in [1.807, 2.05) is 18.2 Å². The van der Waals surface area contributed by atoms with E-state index in [0.29, 0.717) is 0 Å². The van der Waals surface area contributed by atoms with E-state index in [0.717, 1.165) is 38.7 Å². The largest absolute Gasteiger partial charge is 0.481 e. The van der Waals surface area contributed by atoms with E-state index in [2.05, 4.69) is 53.6 Å². The number of hydrogen-bond acceptors (Lipinski definition) is 2. The van der Waals surface area contributed by atoms with Crippen LogP contribution in [0.4, 0.5) is 0 Å². The highest BCUT2D eigenvalue weighted by Crippen LogP contribution is 2.26. The summed E-state index contributed by atoms with van der Waals surface area (Å²) < 4.78 is 5.82.